The molecule has 5 heteroatoms. The van der Waals surface area contributed by atoms with Crippen LogP contribution in [-0.4, -0.2) is 21.4 Å². The van der Waals surface area contributed by atoms with Crippen molar-refractivity contribution in [1.82, 2.24) is 10.1 Å². The zero-order valence-corrected chi connectivity index (χ0v) is 13.7. The Hall–Kier alpha value is -1.20. The Morgan fingerprint density at radius 3 is 2.50 bits per heavy atom. The Bertz CT molecular complexity index is 585. The fraction of sp³-hybridized carbons (Fsp3) is 0.467. The lowest BCUT2D eigenvalue weighted by Crippen LogP contribution is -2.20. The highest BCUT2D eigenvalue weighted by atomic mass is 79.9. The van der Waals surface area contributed by atoms with Gasteiger partial charge in [-0.2, -0.15) is 4.98 Å². The number of hydrogen-bond acceptors (Lipinski definition) is 4. The summed E-state index contributed by atoms with van der Waals surface area (Å²) in [4.78, 5) is 4.46. The third-order valence-corrected chi connectivity index (χ3v) is 3.89. The molecule has 0 aliphatic carbocycles. The molecule has 1 heterocycles. The van der Waals surface area contributed by atoms with Gasteiger partial charge in [-0.15, -0.1) is 0 Å². The van der Waals surface area contributed by atoms with E-state index in [1.165, 1.54) is 0 Å². The zero-order valence-electron chi connectivity index (χ0n) is 12.1. The van der Waals surface area contributed by atoms with Crippen LogP contribution in [0.25, 0.3) is 11.4 Å². The largest absolute Gasteiger partial charge is 0.393 e. The smallest absolute Gasteiger partial charge is 0.232 e. The fourth-order valence-electron chi connectivity index (χ4n) is 2.41. The molecule has 20 heavy (non-hydrogen) atoms. The van der Waals surface area contributed by atoms with Gasteiger partial charge in [0.1, 0.15) is 0 Å². The van der Waals surface area contributed by atoms with E-state index < -0.39 is 6.10 Å². The highest BCUT2D eigenvalue weighted by molar-refractivity contribution is 9.10. The van der Waals surface area contributed by atoms with Crippen LogP contribution in [0.1, 0.15) is 38.1 Å². The summed E-state index contributed by atoms with van der Waals surface area (Å²) in [6.45, 7) is 7.82. The lowest BCUT2D eigenvalue weighted by atomic mass is 9.91. The molecule has 0 radical (unpaired) electrons. The van der Waals surface area contributed by atoms with E-state index in [1.807, 2.05) is 39.0 Å². The van der Waals surface area contributed by atoms with Crippen molar-refractivity contribution < 1.29 is 9.63 Å². The minimum absolute atomic E-state index is 0.146. The standard InChI is InChI=1S/C15H19BrN2O2/c1-8(2)13(10(4)19)15-17-14(18-20-15)12-6-5-11(16)7-9(12)3/h5-8,10,13,19H,1-4H3. The monoisotopic (exact) mass is 338 g/mol. The Balaban J connectivity index is 2.37. The maximum atomic E-state index is 9.87. The number of benzene rings is 1. The Morgan fingerprint density at radius 1 is 1.25 bits per heavy atom. The first kappa shape index (κ1) is 15.2. The summed E-state index contributed by atoms with van der Waals surface area (Å²) in [5.41, 5.74) is 2.01. The molecule has 1 aromatic carbocycles. The van der Waals surface area contributed by atoms with Gasteiger partial charge in [0.15, 0.2) is 0 Å². The van der Waals surface area contributed by atoms with E-state index in [0.717, 1.165) is 15.6 Å². The van der Waals surface area contributed by atoms with Crippen molar-refractivity contribution in [2.75, 3.05) is 0 Å². The van der Waals surface area contributed by atoms with Gasteiger partial charge >= 0.3 is 0 Å². The van der Waals surface area contributed by atoms with Crippen LogP contribution in [0.2, 0.25) is 0 Å². The SMILES string of the molecule is Cc1cc(Br)ccc1-c1noc(C(C(C)C)C(C)O)n1. The molecule has 0 saturated heterocycles. The number of aromatic nitrogens is 2. The van der Waals surface area contributed by atoms with E-state index in [-0.39, 0.29) is 11.8 Å². The first-order valence-electron chi connectivity index (χ1n) is 6.68. The number of halogens is 1. The predicted molar refractivity (Wildman–Crippen MR) is 81.4 cm³/mol. The number of nitrogens with zero attached hydrogens (tertiary/aromatic N) is 2. The van der Waals surface area contributed by atoms with Crippen LogP contribution < -0.4 is 0 Å². The van der Waals surface area contributed by atoms with Crippen LogP contribution in [0.4, 0.5) is 0 Å². The van der Waals surface area contributed by atoms with E-state index in [4.69, 9.17) is 4.52 Å². The van der Waals surface area contributed by atoms with Crippen LogP contribution in [0.15, 0.2) is 27.2 Å². The second kappa shape index (κ2) is 6.06. The molecule has 0 saturated carbocycles. The summed E-state index contributed by atoms with van der Waals surface area (Å²) in [5, 5.41) is 13.9. The summed E-state index contributed by atoms with van der Waals surface area (Å²) in [5.74, 6) is 1.14. The van der Waals surface area contributed by atoms with Crippen molar-refractivity contribution >= 4 is 15.9 Å². The van der Waals surface area contributed by atoms with Crippen molar-refractivity contribution in [1.29, 1.82) is 0 Å². The van der Waals surface area contributed by atoms with Gasteiger partial charge in [-0.25, -0.2) is 0 Å². The minimum Gasteiger partial charge on any atom is -0.393 e. The predicted octanol–water partition coefficient (Wildman–Crippen LogP) is 3.93. The molecule has 108 valence electrons. The first-order valence-corrected chi connectivity index (χ1v) is 7.47. The average Bonchev–Trinajstić information content (AvgIpc) is 2.76. The molecular weight excluding hydrogens is 320 g/mol. The molecule has 0 amide bonds. The van der Waals surface area contributed by atoms with Crippen molar-refractivity contribution in [2.45, 2.75) is 39.7 Å². The molecule has 1 aromatic heterocycles. The van der Waals surface area contributed by atoms with Gasteiger partial charge < -0.3 is 9.63 Å². The van der Waals surface area contributed by atoms with E-state index in [0.29, 0.717) is 11.7 Å². The molecule has 2 atom stereocenters. The normalized spacial score (nSPS) is 14.6. The van der Waals surface area contributed by atoms with Gasteiger partial charge in [0.2, 0.25) is 11.7 Å². The summed E-state index contributed by atoms with van der Waals surface area (Å²) >= 11 is 3.44. The summed E-state index contributed by atoms with van der Waals surface area (Å²) < 4.78 is 6.38. The van der Waals surface area contributed by atoms with E-state index in [9.17, 15) is 5.11 Å². The quantitative estimate of drug-likeness (QED) is 0.917. The Morgan fingerprint density at radius 2 is 1.95 bits per heavy atom. The molecule has 1 N–H and O–H groups in total. The first-order chi connectivity index (χ1) is 9.40. The number of aryl methyl sites for hydroxylation is 1. The summed E-state index contributed by atoms with van der Waals surface area (Å²) in [7, 11) is 0. The molecule has 0 fully saturated rings. The third-order valence-electron chi connectivity index (χ3n) is 3.39. The van der Waals surface area contributed by atoms with Crippen LogP contribution >= 0.6 is 15.9 Å². The molecule has 0 aliphatic rings. The van der Waals surface area contributed by atoms with Crippen molar-refractivity contribution in [3.8, 4) is 11.4 Å². The van der Waals surface area contributed by atoms with Gasteiger partial charge in [-0.3, -0.25) is 0 Å². The van der Waals surface area contributed by atoms with Crippen molar-refractivity contribution in [3.05, 3.63) is 34.1 Å². The number of hydrogen-bond donors (Lipinski definition) is 1. The van der Waals surface area contributed by atoms with E-state index in [1.54, 1.807) is 6.92 Å². The number of rotatable bonds is 4. The van der Waals surface area contributed by atoms with E-state index >= 15 is 0 Å². The average molecular weight is 339 g/mol. The maximum Gasteiger partial charge on any atom is 0.232 e. The lowest BCUT2D eigenvalue weighted by molar-refractivity contribution is 0.120. The molecule has 2 unspecified atom stereocenters. The fourth-order valence-corrected chi connectivity index (χ4v) is 2.88. The van der Waals surface area contributed by atoms with Crippen LogP contribution in [-0.2, 0) is 0 Å². The minimum atomic E-state index is -0.519. The summed E-state index contributed by atoms with van der Waals surface area (Å²) in [6, 6.07) is 5.92. The van der Waals surface area contributed by atoms with Gasteiger partial charge in [0.25, 0.3) is 0 Å². The highest BCUT2D eigenvalue weighted by Crippen LogP contribution is 2.30. The second-order valence-electron chi connectivity index (χ2n) is 5.43. The molecule has 2 aromatic rings. The molecule has 0 spiro atoms. The lowest BCUT2D eigenvalue weighted by Gasteiger charge is -2.19. The zero-order chi connectivity index (χ0) is 14.9. The van der Waals surface area contributed by atoms with Gasteiger partial charge in [0, 0.05) is 10.0 Å². The summed E-state index contributed by atoms with van der Waals surface area (Å²) in [6.07, 6.45) is -0.519. The van der Waals surface area contributed by atoms with Gasteiger partial charge in [0.05, 0.1) is 12.0 Å². The van der Waals surface area contributed by atoms with Crippen molar-refractivity contribution in [3.63, 3.8) is 0 Å². The maximum absolute atomic E-state index is 9.87. The highest BCUT2D eigenvalue weighted by Gasteiger charge is 2.27. The molecule has 2 rings (SSSR count). The topological polar surface area (TPSA) is 59.2 Å². The second-order valence-corrected chi connectivity index (χ2v) is 6.34. The van der Waals surface area contributed by atoms with Crippen molar-refractivity contribution in [2.24, 2.45) is 5.92 Å². The Labute approximate surface area is 127 Å². The van der Waals surface area contributed by atoms with Gasteiger partial charge in [-0.1, -0.05) is 34.9 Å². The van der Waals surface area contributed by atoms with Gasteiger partial charge in [-0.05, 0) is 43.5 Å². The van der Waals surface area contributed by atoms with Crippen LogP contribution in [0.3, 0.4) is 0 Å². The van der Waals surface area contributed by atoms with E-state index in [2.05, 4.69) is 26.1 Å². The van der Waals surface area contributed by atoms with Crippen LogP contribution in [0, 0.1) is 12.8 Å². The molecule has 4 nitrogen and oxygen atoms in total. The third kappa shape index (κ3) is 3.10. The molecule has 0 aliphatic heterocycles. The number of aliphatic hydroxyl groups excluding tert-OH is 1. The molecular formula is C15H19BrN2O2. The Kier molecular flexibility index (Phi) is 4.60. The molecule has 0 bridgehead atoms. The number of aliphatic hydroxyl groups is 1. The van der Waals surface area contributed by atoms with Crippen LogP contribution in [0.5, 0.6) is 0 Å².